The second kappa shape index (κ2) is 5.89. The van der Waals surface area contributed by atoms with Crippen LogP contribution in [0.2, 0.25) is 0 Å². The molecule has 5 nitrogen and oxygen atoms in total. The van der Waals surface area contributed by atoms with E-state index in [1.165, 1.54) is 19.2 Å². The lowest BCUT2D eigenvalue weighted by atomic mass is 10.2. The van der Waals surface area contributed by atoms with Crippen LogP contribution in [0.5, 0.6) is 0 Å². The molecule has 0 saturated carbocycles. The van der Waals surface area contributed by atoms with Gasteiger partial charge in [0.1, 0.15) is 6.61 Å². The molecule has 0 heterocycles. The van der Waals surface area contributed by atoms with Crippen LogP contribution in [0.3, 0.4) is 0 Å². The highest BCUT2D eigenvalue weighted by Gasteiger charge is 2.05. The van der Waals surface area contributed by atoms with Gasteiger partial charge in [-0.2, -0.15) is 0 Å². The van der Waals surface area contributed by atoms with Gasteiger partial charge in [-0.05, 0) is 31.5 Å². The largest absolute Gasteiger partial charge is 0.469 e. The third kappa shape index (κ3) is 3.79. The second-order valence-corrected chi connectivity index (χ2v) is 3.70. The fraction of sp³-hybridized carbons (Fsp3) is 0.333. The van der Waals surface area contributed by atoms with Crippen LogP contribution in [0.15, 0.2) is 35.8 Å². The number of rotatable bonds is 5. The molecule has 0 bridgehead atoms. The molecule has 0 atom stereocenters. The van der Waals surface area contributed by atoms with Crippen molar-refractivity contribution in [3.63, 3.8) is 0 Å². The molecule has 0 fully saturated rings. The standard InChI is InChI=1S/C12H15NO4/c1-9(2)12(16-3)17-8-10-4-6-11(7-5-10)13(14)15/h4-7H,8H2,1-3H3. The number of non-ortho nitro benzene ring substituents is 1. The van der Waals surface area contributed by atoms with Crippen LogP contribution in [-0.4, -0.2) is 12.0 Å². The van der Waals surface area contributed by atoms with Crippen molar-refractivity contribution in [1.29, 1.82) is 0 Å². The van der Waals surface area contributed by atoms with Crippen molar-refractivity contribution in [3.8, 4) is 0 Å². The molecule has 0 aliphatic carbocycles. The number of methoxy groups -OCH3 is 1. The summed E-state index contributed by atoms with van der Waals surface area (Å²) in [6, 6.07) is 6.23. The van der Waals surface area contributed by atoms with Gasteiger partial charge in [-0.25, -0.2) is 0 Å². The van der Waals surface area contributed by atoms with Gasteiger partial charge in [-0.3, -0.25) is 10.1 Å². The monoisotopic (exact) mass is 237 g/mol. The van der Waals surface area contributed by atoms with Gasteiger partial charge in [0.05, 0.1) is 12.0 Å². The maximum atomic E-state index is 10.5. The van der Waals surface area contributed by atoms with E-state index in [2.05, 4.69) is 0 Å². The highest BCUT2D eigenvalue weighted by molar-refractivity contribution is 5.32. The Labute approximate surface area is 99.8 Å². The number of nitrogens with zero attached hydrogens (tertiary/aromatic N) is 1. The smallest absolute Gasteiger partial charge is 0.277 e. The van der Waals surface area contributed by atoms with Crippen molar-refractivity contribution in [3.05, 3.63) is 51.5 Å². The van der Waals surface area contributed by atoms with Gasteiger partial charge >= 0.3 is 0 Å². The maximum absolute atomic E-state index is 10.5. The summed E-state index contributed by atoms with van der Waals surface area (Å²) in [5.74, 6) is 0.475. The topological polar surface area (TPSA) is 61.6 Å². The Morgan fingerprint density at radius 1 is 1.29 bits per heavy atom. The van der Waals surface area contributed by atoms with Gasteiger partial charge in [0.2, 0.25) is 0 Å². The zero-order valence-corrected chi connectivity index (χ0v) is 10.1. The Morgan fingerprint density at radius 2 is 1.88 bits per heavy atom. The molecule has 0 N–H and O–H groups in total. The van der Waals surface area contributed by atoms with Crippen molar-refractivity contribution in [2.75, 3.05) is 7.11 Å². The summed E-state index contributed by atoms with van der Waals surface area (Å²) >= 11 is 0. The third-order valence-corrected chi connectivity index (χ3v) is 2.11. The molecular weight excluding hydrogens is 222 g/mol. The molecule has 0 unspecified atom stereocenters. The van der Waals surface area contributed by atoms with Crippen LogP contribution < -0.4 is 0 Å². The van der Waals surface area contributed by atoms with Gasteiger partial charge in [0, 0.05) is 17.7 Å². The molecule has 0 saturated heterocycles. The van der Waals surface area contributed by atoms with Gasteiger partial charge in [-0.1, -0.05) is 0 Å². The van der Waals surface area contributed by atoms with Gasteiger partial charge < -0.3 is 9.47 Å². The minimum Gasteiger partial charge on any atom is -0.469 e. The summed E-state index contributed by atoms with van der Waals surface area (Å²) in [5, 5.41) is 10.5. The summed E-state index contributed by atoms with van der Waals surface area (Å²) in [7, 11) is 1.54. The van der Waals surface area contributed by atoms with Crippen molar-refractivity contribution < 1.29 is 14.4 Å². The van der Waals surface area contributed by atoms with E-state index in [0.717, 1.165) is 11.1 Å². The Hall–Kier alpha value is -2.04. The zero-order chi connectivity index (χ0) is 12.8. The summed E-state index contributed by atoms with van der Waals surface area (Å²) in [5.41, 5.74) is 1.86. The summed E-state index contributed by atoms with van der Waals surface area (Å²) in [6.07, 6.45) is 0. The van der Waals surface area contributed by atoms with E-state index in [1.807, 2.05) is 13.8 Å². The lowest BCUT2D eigenvalue weighted by Crippen LogP contribution is -1.98. The fourth-order valence-corrected chi connectivity index (χ4v) is 1.27. The molecule has 0 radical (unpaired) electrons. The molecule has 0 aromatic heterocycles. The van der Waals surface area contributed by atoms with Crippen LogP contribution in [-0.2, 0) is 16.1 Å². The van der Waals surface area contributed by atoms with E-state index in [0.29, 0.717) is 12.6 Å². The van der Waals surface area contributed by atoms with Crippen molar-refractivity contribution in [2.45, 2.75) is 20.5 Å². The quantitative estimate of drug-likeness (QED) is 0.448. The minimum absolute atomic E-state index is 0.0722. The first-order valence-electron chi connectivity index (χ1n) is 5.12. The number of ether oxygens (including phenoxy) is 2. The van der Waals surface area contributed by atoms with Crippen LogP contribution in [0.1, 0.15) is 19.4 Å². The minimum atomic E-state index is -0.429. The van der Waals surface area contributed by atoms with E-state index in [4.69, 9.17) is 9.47 Å². The van der Waals surface area contributed by atoms with E-state index in [9.17, 15) is 10.1 Å². The number of hydrogen-bond acceptors (Lipinski definition) is 4. The zero-order valence-electron chi connectivity index (χ0n) is 10.1. The number of allylic oxidation sites excluding steroid dienone is 1. The Kier molecular flexibility index (Phi) is 4.51. The average Bonchev–Trinajstić information content (AvgIpc) is 2.30. The molecular formula is C12H15NO4. The van der Waals surface area contributed by atoms with Crippen LogP contribution in [0.25, 0.3) is 0 Å². The van der Waals surface area contributed by atoms with Crippen LogP contribution in [0, 0.1) is 10.1 Å². The number of nitro benzene ring substituents is 1. The SMILES string of the molecule is COC(OCc1ccc([N+](=O)[O-])cc1)=C(C)C. The number of nitro groups is 1. The van der Waals surface area contributed by atoms with Crippen LogP contribution in [0.4, 0.5) is 5.69 Å². The summed E-state index contributed by atoms with van der Waals surface area (Å²) < 4.78 is 10.5. The molecule has 1 aromatic rings. The first-order chi connectivity index (χ1) is 8.04. The molecule has 0 aliphatic rings. The second-order valence-electron chi connectivity index (χ2n) is 3.70. The van der Waals surface area contributed by atoms with Gasteiger partial charge in [-0.15, -0.1) is 0 Å². The van der Waals surface area contributed by atoms with Crippen molar-refractivity contribution >= 4 is 5.69 Å². The Morgan fingerprint density at radius 3 is 2.29 bits per heavy atom. The maximum Gasteiger partial charge on any atom is 0.277 e. The fourth-order valence-electron chi connectivity index (χ4n) is 1.27. The van der Waals surface area contributed by atoms with E-state index in [-0.39, 0.29) is 5.69 Å². The summed E-state index contributed by atoms with van der Waals surface area (Å²) in [6.45, 7) is 4.09. The van der Waals surface area contributed by atoms with Crippen molar-refractivity contribution in [1.82, 2.24) is 0 Å². The summed E-state index contributed by atoms with van der Waals surface area (Å²) in [4.78, 5) is 10.0. The number of benzene rings is 1. The van der Waals surface area contributed by atoms with E-state index in [1.54, 1.807) is 12.1 Å². The molecule has 0 aliphatic heterocycles. The third-order valence-electron chi connectivity index (χ3n) is 2.11. The van der Waals surface area contributed by atoms with Crippen LogP contribution >= 0.6 is 0 Å². The van der Waals surface area contributed by atoms with Gasteiger partial charge in [0.15, 0.2) is 0 Å². The average molecular weight is 237 g/mol. The van der Waals surface area contributed by atoms with E-state index < -0.39 is 4.92 Å². The first-order valence-corrected chi connectivity index (χ1v) is 5.12. The lowest BCUT2D eigenvalue weighted by Gasteiger charge is -2.10. The molecule has 5 heteroatoms. The Bertz CT molecular complexity index is 419. The molecule has 17 heavy (non-hydrogen) atoms. The molecule has 92 valence electrons. The van der Waals surface area contributed by atoms with Gasteiger partial charge in [0.25, 0.3) is 11.6 Å². The predicted octanol–water partition coefficient (Wildman–Crippen LogP) is 3.01. The highest BCUT2D eigenvalue weighted by atomic mass is 16.7. The molecule has 0 amide bonds. The van der Waals surface area contributed by atoms with Crippen molar-refractivity contribution in [2.24, 2.45) is 0 Å². The predicted molar refractivity (Wildman–Crippen MR) is 63.3 cm³/mol. The normalized spacial score (nSPS) is 9.59. The molecule has 0 spiro atoms. The highest BCUT2D eigenvalue weighted by Crippen LogP contribution is 2.14. The molecule has 1 rings (SSSR count). The Balaban J connectivity index is 2.64. The number of hydrogen-bond donors (Lipinski definition) is 0. The molecule has 1 aromatic carbocycles. The lowest BCUT2D eigenvalue weighted by molar-refractivity contribution is -0.384. The van der Waals surface area contributed by atoms with E-state index >= 15 is 0 Å². The first kappa shape index (κ1) is 13.0.